The average molecular weight is 375 g/mol. The Hall–Kier alpha value is -1.89. The van der Waals surface area contributed by atoms with Crippen LogP contribution < -0.4 is 9.46 Å². The van der Waals surface area contributed by atoms with Gasteiger partial charge in [-0.2, -0.15) is 0 Å². The molecule has 0 spiro atoms. The lowest BCUT2D eigenvalue weighted by atomic mass is 10.1. The molecule has 0 aromatic heterocycles. The summed E-state index contributed by atoms with van der Waals surface area (Å²) in [6.07, 6.45) is 2.30. The van der Waals surface area contributed by atoms with Crippen molar-refractivity contribution in [2.75, 3.05) is 26.7 Å². The molecule has 1 unspecified atom stereocenters. The van der Waals surface area contributed by atoms with Gasteiger partial charge in [0.05, 0.1) is 12.0 Å². The molecule has 1 aliphatic heterocycles. The summed E-state index contributed by atoms with van der Waals surface area (Å²) in [5.41, 5.74) is 2.14. The number of rotatable bonds is 7. The Labute approximate surface area is 156 Å². The Balaban J connectivity index is 1.78. The Kier molecular flexibility index (Phi) is 5.96. The first-order valence-electron chi connectivity index (χ1n) is 8.94. The largest absolute Gasteiger partial charge is 0.497 e. The highest BCUT2D eigenvalue weighted by Gasteiger charge is 2.25. The van der Waals surface area contributed by atoms with Crippen LogP contribution in [0.4, 0.5) is 0 Å². The molecule has 1 fully saturated rings. The van der Waals surface area contributed by atoms with Gasteiger partial charge in [0, 0.05) is 12.6 Å². The minimum absolute atomic E-state index is 0.0172. The number of ether oxygens (including phenoxy) is 1. The van der Waals surface area contributed by atoms with Gasteiger partial charge in [-0.1, -0.05) is 29.8 Å². The summed E-state index contributed by atoms with van der Waals surface area (Å²) in [5.74, 6) is 0.800. The summed E-state index contributed by atoms with van der Waals surface area (Å²) in [4.78, 5) is 2.65. The van der Waals surface area contributed by atoms with E-state index < -0.39 is 10.0 Å². The third-order valence-corrected chi connectivity index (χ3v) is 6.32. The van der Waals surface area contributed by atoms with Gasteiger partial charge in [-0.15, -0.1) is 0 Å². The smallest absolute Gasteiger partial charge is 0.240 e. The maximum Gasteiger partial charge on any atom is 0.240 e. The van der Waals surface area contributed by atoms with Crippen molar-refractivity contribution in [1.82, 2.24) is 9.62 Å². The molecule has 0 saturated carbocycles. The van der Waals surface area contributed by atoms with E-state index in [2.05, 4.69) is 9.62 Å². The Morgan fingerprint density at radius 1 is 1.04 bits per heavy atom. The topological polar surface area (TPSA) is 58.6 Å². The fraction of sp³-hybridized carbons (Fsp3) is 0.400. The number of sulfonamides is 1. The van der Waals surface area contributed by atoms with Crippen LogP contribution in [-0.2, 0) is 10.0 Å². The van der Waals surface area contributed by atoms with Crippen LogP contribution in [0.5, 0.6) is 5.75 Å². The number of nitrogens with zero attached hydrogens (tertiary/aromatic N) is 1. The van der Waals surface area contributed by atoms with E-state index in [1.165, 1.54) is 0 Å². The highest BCUT2D eigenvalue weighted by molar-refractivity contribution is 7.89. The zero-order chi connectivity index (χ0) is 18.6. The number of likely N-dealkylation sites (tertiary alicyclic amines) is 1. The summed E-state index contributed by atoms with van der Waals surface area (Å²) >= 11 is 0. The molecule has 2 aromatic carbocycles. The third kappa shape index (κ3) is 4.44. The Morgan fingerprint density at radius 2 is 1.65 bits per heavy atom. The second-order valence-electron chi connectivity index (χ2n) is 6.70. The summed E-state index contributed by atoms with van der Waals surface area (Å²) < 4.78 is 33.3. The molecular formula is C20H26N2O3S. The molecule has 140 valence electrons. The van der Waals surface area contributed by atoms with Gasteiger partial charge in [0.1, 0.15) is 5.75 Å². The fourth-order valence-electron chi connectivity index (χ4n) is 3.33. The van der Waals surface area contributed by atoms with Crippen molar-refractivity contribution >= 4 is 10.0 Å². The van der Waals surface area contributed by atoms with Crippen LogP contribution in [0.15, 0.2) is 53.4 Å². The van der Waals surface area contributed by atoms with E-state index in [-0.39, 0.29) is 6.04 Å². The number of benzene rings is 2. The Morgan fingerprint density at radius 3 is 2.23 bits per heavy atom. The van der Waals surface area contributed by atoms with Gasteiger partial charge in [-0.05, 0) is 62.7 Å². The molecule has 1 saturated heterocycles. The van der Waals surface area contributed by atoms with Crippen molar-refractivity contribution in [2.45, 2.75) is 30.7 Å². The Bertz CT molecular complexity index is 811. The predicted octanol–water partition coefficient (Wildman–Crippen LogP) is 3.12. The van der Waals surface area contributed by atoms with Gasteiger partial charge in [-0.3, -0.25) is 4.90 Å². The molecule has 0 bridgehead atoms. The van der Waals surface area contributed by atoms with E-state index in [4.69, 9.17) is 4.74 Å². The third-order valence-electron chi connectivity index (χ3n) is 4.88. The molecule has 3 rings (SSSR count). The lowest BCUT2D eigenvalue weighted by Crippen LogP contribution is -2.36. The zero-order valence-electron chi connectivity index (χ0n) is 15.3. The summed E-state index contributed by atoms with van der Waals surface area (Å²) in [6.45, 7) is 4.27. The SMILES string of the molecule is COc1ccc(C(CNS(=O)(=O)c2ccc(C)cc2)N2CCCC2)cc1. The van der Waals surface area contributed by atoms with Crippen molar-refractivity contribution in [2.24, 2.45) is 0 Å². The van der Waals surface area contributed by atoms with Gasteiger partial charge in [-0.25, -0.2) is 13.1 Å². The van der Waals surface area contributed by atoms with Gasteiger partial charge in [0.15, 0.2) is 0 Å². The molecule has 5 nitrogen and oxygen atoms in total. The van der Waals surface area contributed by atoms with E-state index >= 15 is 0 Å². The molecular weight excluding hydrogens is 348 g/mol. The van der Waals surface area contributed by atoms with E-state index in [1.807, 2.05) is 43.3 Å². The maximum atomic E-state index is 12.6. The van der Waals surface area contributed by atoms with Crippen molar-refractivity contribution in [3.8, 4) is 5.75 Å². The highest BCUT2D eigenvalue weighted by atomic mass is 32.2. The molecule has 2 aromatic rings. The van der Waals surface area contributed by atoms with E-state index in [1.54, 1.807) is 19.2 Å². The molecule has 26 heavy (non-hydrogen) atoms. The highest BCUT2D eigenvalue weighted by Crippen LogP contribution is 2.26. The van der Waals surface area contributed by atoms with Gasteiger partial charge in [0.25, 0.3) is 0 Å². The van der Waals surface area contributed by atoms with Crippen LogP contribution in [0.3, 0.4) is 0 Å². The van der Waals surface area contributed by atoms with Crippen LogP contribution >= 0.6 is 0 Å². The zero-order valence-corrected chi connectivity index (χ0v) is 16.1. The molecule has 0 radical (unpaired) electrons. The summed E-state index contributed by atoms with van der Waals surface area (Å²) in [5, 5.41) is 0. The summed E-state index contributed by atoms with van der Waals surface area (Å²) in [6, 6.07) is 14.8. The van der Waals surface area contributed by atoms with Gasteiger partial charge >= 0.3 is 0 Å². The lowest BCUT2D eigenvalue weighted by Gasteiger charge is -2.28. The van der Waals surface area contributed by atoms with Crippen LogP contribution in [0.1, 0.15) is 30.0 Å². The second kappa shape index (κ2) is 8.20. The molecule has 6 heteroatoms. The minimum Gasteiger partial charge on any atom is -0.497 e. The van der Waals surface area contributed by atoms with Gasteiger partial charge in [0.2, 0.25) is 10.0 Å². The normalized spacial score (nSPS) is 16.5. The number of aryl methyl sites for hydroxylation is 1. The second-order valence-corrected chi connectivity index (χ2v) is 8.46. The monoisotopic (exact) mass is 374 g/mol. The number of nitrogens with one attached hydrogen (secondary N) is 1. The lowest BCUT2D eigenvalue weighted by molar-refractivity contribution is 0.246. The van der Waals surface area contributed by atoms with E-state index in [9.17, 15) is 8.42 Å². The number of hydrogen-bond acceptors (Lipinski definition) is 4. The van der Waals surface area contributed by atoms with Crippen molar-refractivity contribution in [3.05, 3.63) is 59.7 Å². The van der Waals surface area contributed by atoms with Crippen LogP contribution in [0.2, 0.25) is 0 Å². The first kappa shape index (κ1) is 18.9. The number of methoxy groups -OCH3 is 1. The quantitative estimate of drug-likeness (QED) is 0.809. The van der Waals surface area contributed by atoms with Crippen LogP contribution in [0.25, 0.3) is 0 Å². The van der Waals surface area contributed by atoms with Gasteiger partial charge < -0.3 is 4.74 Å². The molecule has 1 heterocycles. The van der Waals surface area contributed by atoms with E-state index in [0.29, 0.717) is 11.4 Å². The average Bonchev–Trinajstić information content (AvgIpc) is 3.17. The van der Waals surface area contributed by atoms with Crippen molar-refractivity contribution < 1.29 is 13.2 Å². The first-order valence-corrected chi connectivity index (χ1v) is 10.4. The molecule has 1 atom stereocenters. The fourth-order valence-corrected chi connectivity index (χ4v) is 4.36. The molecule has 1 aliphatic rings. The van der Waals surface area contributed by atoms with E-state index in [0.717, 1.165) is 42.8 Å². The molecule has 0 aliphatic carbocycles. The standard InChI is InChI=1S/C20H26N2O3S/c1-16-5-11-19(12-6-16)26(23,24)21-15-20(22-13-3-4-14-22)17-7-9-18(25-2)10-8-17/h5-12,20-21H,3-4,13-15H2,1-2H3. The minimum atomic E-state index is -3.52. The predicted molar refractivity (Wildman–Crippen MR) is 103 cm³/mol. The molecule has 1 N–H and O–H groups in total. The summed E-state index contributed by atoms with van der Waals surface area (Å²) in [7, 11) is -1.88. The molecule has 0 amide bonds. The van der Waals surface area contributed by atoms with Crippen molar-refractivity contribution in [1.29, 1.82) is 0 Å². The maximum absolute atomic E-state index is 12.6. The van der Waals surface area contributed by atoms with Crippen molar-refractivity contribution in [3.63, 3.8) is 0 Å². The van der Waals surface area contributed by atoms with Crippen LogP contribution in [-0.4, -0.2) is 40.1 Å². The first-order chi connectivity index (χ1) is 12.5. The van der Waals surface area contributed by atoms with Crippen LogP contribution in [0, 0.1) is 6.92 Å². The number of hydrogen-bond donors (Lipinski definition) is 1.